The number of aliphatic hydroxyl groups is 5. The molecular formula is C27H34N9O15P2+. The van der Waals surface area contributed by atoms with Crippen LogP contribution in [0.25, 0.3) is 33.4 Å². The number of nitrogens with two attached hydrogens (primary N) is 1. The van der Waals surface area contributed by atoms with Gasteiger partial charge in [0.05, 0.1) is 19.5 Å². The lowest BCUT2D eigenvalue weighted by atomic mass is 10.1. The smallest absolute Gasteiger partial charge is 0.388 e. The molecule has 1 saturated heterocycles. The molecule has 0 saturated carbocycles. The molecule has 0 spiro atoms. The van der Waals surface area contributed by atoms with E-state index >= 15 is 0 Å². The van der Waals surface area contributed by atoms with E-state index in [0.29, 0.717) is 11.0 Å². The molecule has 0 amide bonds. The number of hydrogen-bond acceptors (Lipinski definition) is 18. The van der Waals surface area contributed by atoms with Crippen LogP contribution in [0.15, 0.2) is 34.4 Å². The minimum absolute atomic E-state index is 0.0305. The Morgan fingerprint density at radius 3 is 2.42 bits per heavy atom. The molecule has 286 valence electrons. The monoisotopic (exact) mass is 786 g/mol. The highest BCUT2D eigenvalue weighted by Crippen LogP contribution is 2.60. The first-order valence-corrected chi connectivity index (χ1v) is 18.5. The van der Waals surface area contributed by atoms with Gasteiger partial charge in [0.1, 0.15) is 60.5 Å². The fraction of sp³-hybridized carbons (Fsp3) is 0.444. The van der Waals surface area contributed by atoms with Gasteiger partial charge < -0.3 is 45.8 Å². The number of nitrogens with zero attached hydrogens (tertiary/aromatic N) is 6. The van der Waals surface area contributed by atoms with E-state index in [1.807, 2.05) is 0 Å². The number of nitrogens with one attached hydrogen (secondary N) is 2. The predicted octanol–water partition coefficient (Wildman–Crippen LogP) is -2.96. The van der Waals surface area contributed by atoms with Gasteiger partial charge in [-0.15, -0.1) is 0 Å². The molecule has 11 N–H and O–H groups in total. The van der Waals surface area contributed by atoms with Gasteiger partial charge in [-0.1, -0.05) is 0 Å². The molecule has 1 aliphatic rings. The number of rotatable bonds is 13. The maximum atomic E-state index is 12.5. The van der Waals surface area contributed by atoms with Gasteiger partial charge in [-0.25, -0.2) is 38.4 Å². The molecule has 0 radical (unpaired) electrons. The molecule has 0 bridgehead atoms. The Labute approximate surface area is 295 Å². The van der Waals surface area contributed by atoms with Crippen molar-refractivity contribution < 1.29 is 67.1 Å². The van der Waals surface area contributed by atoms with Crippen LogP contribution < -0.4 is 21.5 Å². The number of phosphoric ester groups is 2. The third kappa shape index (κ3) is 7.91. The second kappa shape index (κ2) is 14.6. The van der Waals surface area contributed by atoms with Gasteiger partial charge in [-0.3, -0.25) is 23.4 Å². The van der Waals surface area contributed by atoms with E-state index in [0.717, 1.165) is 17.5 Å². The number of nitrogen functional groups attached to an aromatic ring is 1. The van der Waals surface area contributed by atoms with Crippen LogP contribution in [0.3, 0.4) is 0 Å². The third-order valence-corrected chi connectivity index (χ3v) is 11.1. The molecular weight excluding hydrogens is 752 g/mol. The minimum Gasteiger partial charge on any atom is -0.388 e. The first-order valence-electron chi connectivity index (χ1n) is 15.5. The Balaban J connectivity index is 1.07. The SMILES string of the molecule is Cc1cc2nc3c(=O)[nH]c(=O)[nH]c3[n+](C[C@@H](O)C(O)[C@@H](O)COP(=O)(O)OP(=O)(O)OC[C@H]3O[C@@H](n4cnc5c(N)ncnc54)[C@H](O)[C@@H]3O)c2cc1C. The average Bonchev–Trinajstić information content (AvgIpc) is 3.63. The molecule has 9 atom stereocenters. The van der Waals surface area contributed by atoms with Gasteiger partial charge in [0.25, 0.3) is 5.56 Å². The second-order valence-corrected chi connectivity index (χ2v) is 15.2. The fourth-order valence-corrected chi connectivity index (χ4v) is 7.70. The largest absolute Gasteiger partial charge is 0.481 e. The number of hydrogen-bond donors (Lipinski definition) is 10. The summed E-state index contributed by atoms with van der Waals surface area (Å²) in [5, 5.41) is 53.1. The summed E-state index contributed by atoms with van der Waals surface area (Å²) in [7, 11) is -11.0. The van der Waals surface area contributed by atoms with Crippen molar-refractivity contribution in [2.24, 2.45) is 0 Å². The molecule has 1 aromatic carbocycles. The first kappa shape index (κ1) is 38.6. The lowest BCUT2D eigenvalue weighted by Crippen LogP contribution is -2.51. The summed E-state index contributed by atoms with van der Waals surface area (Å²) in [6.07, 6.45) is -9.88. The normalized spacial score (nSPS) is 23.3. The fourth-order valence-electron chi connectivity index (χ4n) is 5.61. The molecule has 24 nitrogen and oxygen atoms in total. The molecule has 0 aliphatic carbocycles. The summed E-state index contributed by atoms with van der Waals surface area (Å²) < 4.78 is 46.7. The Hall–Kier alpha value is -4.13. The second-order valence-electron chi connectivity index (χ2n) is 12.1. The van der Waals surface area contributed by atoms with Crippen LogP contribution in [0.4, 0.5) is 5.82 Å². The number of aryl methyl sites for hydroxylation is 2. The number of ether oxygens (including phenoxy) is 1. The zero-order valence-corrected chi connectivity index (χ0v) is 29.3. The molecule has 4 aromatic heterocycles. The van der Waals surface area contributed by atoms with Crippen LogP contribution in [-0.4, -0.2) is 120 Å². The molecule has 1 aliphatic heterocycles. The van der Waals surface area contributed by atoms with E-state index in [4.69, 9.17) is 15.0 Å². The molecule has 26 heteroatoms. The van der Waals surface area contributed by atoms with Crippen LogP contribution in [-0.2, 0) is 33.8 Å². The number of aromatic amines is 2. The molecule has 5 heterocycles. The highest BCUT2D eigenvalue weighted by Gasteiger charge is 2.46. The van der Waals surface area contributed by atoms with Crippen molar-refractivity contribution in [3.8, 4) is 0 Å². The first-order chi connectivity index (χ1) is 24.9. The van der Waals surface area contributed by atoms with E-state index < -0.39 is 89.5 Å². The Morgan fingerprint density at radius 1 is 0.981 bits per heavy atom. The van der Waals surface area contributed by atoms with E-state index in [-0.39, 0.29) is 28.1 Å². The average molecular weight is 787 g/mol. The number of imidazole rings is 1. The van der Waals surface area contributed by atoms with Gasteiger partial charge in [-0.2, -0.15) is 9.29 Å². The van der Waals surface area contributed by atoms with Crippen molar-refractivity contribution in [3.05, 3.63) is 56.8 Å². The molecule has 1 fully saturated rings. The Morgan fingerprint density at radius 2 is 1.68 bits per heavy atom. The molecule has 53 heavy (non-hydrogen) atoms. The van der Waals surface area contributed by atoms with Crippen LogP contribution >= 0.6 is 15.6 Å². The van der Waals surface area contributed by atoms with Crippen molar-refractivity contribution in [2.45, 2.75) is 63.2 Å². The molecule has 5 aromatic rings. The van der Waals surface area contributed by atoms with Crippen LogP contribution in [0.5, 0.6) is 0 Å². The maximum absolute atomic E-state index is 12.5. The van der Waals surface area contributed by atoms with Crippen molar-refractivity contribution in [1.82, 2.24) is 34.5 Å². The number of benzene rings is 1. The zero-order chi connectivity index (χ0) is 38.6. The van der Waals surface area contributed by atoms with Gasteiger partial charge in [-0.05, 0) is 37.1 Å². The topological polar surface area (TPSA) is 365 Å². The predicted molar refractivity (Wildman–Crippen MR) is 176 cm³/mol. The summed E-state index contributed by atoms with van der Waals surface area (Å²) in [4.78, 5) is 65.4. The minimum atomic E-state index is -5.54. The summed E-state index contributed by atoms with van der Waals surface area (Å²) in [6, 6.07) is 3.33. The van der Waals surface area contributed by atoms with Gasteiger partial charge in [0.15, 0.2) is 23.2 Å². The number of aromatic nitrogens is 8. The van der Waals surface area contributed by atoms with E-state index in [1.54, 1.807) is 26.0 Å². The number of anilines is 1. The van der Waals surface area contributed by atoms with Crippen LogP contribution in [0.1, 0.15) is 17.4 Å². The standard InChI is InChI=1S/C27H33N9O15P2/c1-10-3-12-13(4-11(10)2)35(24-18(32-12)25(42)34-27(43)33-24)5-14(37)19(39)15(38)6-48-52(44,45)51-53(46,47)49-7-16-20(40)21(41)26(50-16)36-9-31-17-22(28)29-8-30-23(17)36/h3-4,8-9,14-16,19-21,26,37-41H,5-7H2,1-2H3,(H5,28,29,30,34,42,43,44,45,46,47)/p+1/t14-,15+,16-,19?,20-,21-,26-/m1/s1. The molecule has 3 unspecified atom stereocenters. The van der Waals surface area contributed by atoms with Gasteiger partial charge >= 0.3 is 27.0 Å². The quantitative estimate of drug-likeness (QED) is 0.0324. The highest BCUT2D eigenvalue weighted by molar-refractivity contribution is 7.61. The third-order valence-electron chi connectivity index (χ3n) is 8.46. The maximum Gasteiger partial charge on any atom is 0.481 e. The highest BCUT2D eigenvalue weighted by atomic mass is 31.3. The van der Waals surface area contributed by atoms with Gasteiger partial charge in [0, 0.05) is 0 Å². The van der Waals surface area contributed by atoms with Crippen molar-refractivity contribution in [2.75, 3.05) is 18.9 Å². The number of phosphoric acid groups is 2. The zero-order valence-electron chi connectivity index (χ0n) is 27.5. The summed E-state index contributed by atoms with van der Waals surface area (Å²) in [6.45, 7) is 0.855. The number of aliphatic hydroxyl groups excluding tert-OH is 5. The van der Waals surface area contributed by atoms with Crippen molar-refractivity contribution in [3.63, 3.8) is 0 Å². The molecule has 6 rings (SSSR count). The Kier molecular flexibility index (Phi) is 10.6. The summed E-state index contributed by atoms with van der Waals surface area (Å²) in [5.74, 6) is 0.0305. The van der Waals surface area contributed by atoms with Crippen molar-refractivity contribution >= 4 is 54.8 Å². The van der Waals surface area contributed by atoms with Gasteiger partial charge in [0.2, 0.25) is 5.52 Å². The van der Waals surface area contributed by atoms with Crippen LogP contribution in [0, 0.1) is 13.8 Å². The number of H-pyrrole nitrogens is 2. The summed E-state index contributed by atoms with van der Waals surface area (Å²) >= 11 is 0. The van der Waals surface area contributed by atoms with Crippen molar-refractivity contribution in [1.29, 1.82) is 0 Å². The lowest BCUT2D eigenvalue weighted by Gasteiger charge is -2.24. The summed E-state index contributed by atoms with van der Waals surface area (Å²) in [5.41, 5.74) is 6.28. The van der Waals surface area contributed by atoms with E-state index in [9.17, 15) is 54.0 Å². The Bertz CT molecular complexity index is 2410. The van der Waals surface area contributed by atoms with E-state index in [2.05, 4.69) is 38.7 Å². The van der Waals surface area contributed by atoms with E-state index in [1.165, 1.54) is 15.5 Å². The lowest BCUT2D eigenvalue weighted by molar-refractivity contribution is -0.657. The number of fused-ring (bicyclic) bond motifs is 3. The van der Waals surface area contributed by atoms with Crippen LogP contribution in [0.2, 0.25) is 0 Å².